The molecule has 3 aromatic rings. The summed E-state index contributed by atoms with van der Waals surface area (Å²) in [7, 11) is 0. The Bertz CT molecular complexity index is 1090. The molecule has 1 aliphatic carbocycles. The summed E-state index contributed by atoms with van der Waals surface area (Å²) in [5.74, 6) is 0.149. The summed E-state index contributed by atoms with van der Waals surface area (Å²) in [6.45, 7) is 2.44. The highest BCUT2D eigenvalue weighted by Gasteiger charge is 2.63. The van der Waals surface area contributed by atoms with Crippen molar-refractivity contribution in [3.63, 3.8) is 0 Å². The zero-order chi connectivity index (χ0) is 19.3. The van der Waals surface area contributed by atoms with E-state index in [2.05, 4.69) is 39.1 Å². The normalized spacial score (nSPS) is 22.1. The summed E-state index contributed by atoms with van der Waals surface area (Å²) >= 11 is 11.7. The summed E-state index contributed by atoms with van der Waals surface area (Å²) < 4.78 is 17.4. The van der Waals surface area contributed by atoms with Gasteiger partial charge in [-0.1, -0.05) is 41.9 Å². The van der Waals surface area contributed by atoms with E-state index in [1.165, 1.54) is 23.0 Å². The van der Waals surface area contributed by atoms with Crippen LogP contribution in [0.15, 0.2) is 48.5 Å². The quantitative estimate of drug-likeness (QED) is 0.435. The van der Waals surface area contributed by atoms with E-state index in [-0.39, 0.29) is 11.2 Å². The number of hydrogen-bond donors (Lipinski definition) is 2. The number of benzene rings is 2. The van der Waals surface area contributed by atoms with E-state index >= 15 is 0 Å². The van der Waals surface area contributed by atoms with Gasteiger partial charge in [-0.2, -0.15) is 0 Å². The number of hydrogen-bond acceptors (Lipinski definition) is 2. The Hall–Kier alpha value is -1.95. The maximum Gasteiger partial charge on any atom is 0.177 e. The van der Waals surface area contributed by atoms with Gasteiger partial charge in [0.15, 0.2) is 4.77 Å². The van der Waals surface area contributed by atoms with Crippen LogP contribution in [-0.2, 0) is 24.9 Å². The van der Waals surface area contributed by atoms with Gasteiger partial charge in [0.25, 0.3) is 0 Å². The molecule has 0 spiro atoms. The molecule has 6 heteroatoms. The lowest BCUT2D eigenvalue weighted by atomic mass is 9.93. The third-order valence-corrected chi connectivity index (χ3v) is 6.69. The van der Waals surface area contributed by atoms with Gasteiger partial charge in [0.05, 0.1) is 0 Å². The number of imidazole rings is 1. The molecule has 2 atom stereocenters. The zero-order valence-corrected chi connectivity index (χ0v) is 16.9. The van der Waals surface area contributed by atoms with Crippen molar-refractivity contribution in [2.24, 2.45) is 0 Å². The molecule has 2 aliphatic rings. The van der Waals surface area contributed by atoms with E-state index in [0.717, 1.165) is 42.8 Å². The Balaban J connectivity index is 1.32. The number of H-pyrrole nitrogens is 1. The number of halogens is 2. The predicted octanol–water partition coefficient (Wildman–Crippen LogP) is 5.11. The van der Waals surface area contributed by atoms with Crippen LogP contribution >= 0.6 is 23.8 Å². The van der Waals surface area contributed by atoms with Crippen molar-refractivity contribution in [3.8, 4) is 0 Å². The number of fused-ring (bicyclic) bond motifs is 3. The third kappa shape index (κ3) is 2.93. The molecule has 0 saturated heterocycles. The first kappa shape index (κ1) is 18.1. The van der Waals surface area contributed by atoms with Gasteiger partial charge in [-0.05, 0) is 48.0 Å². The fourth-order valence-corrected chi connectivity index (χ4v) is 5.16. The molecule has 0 unspecified atom stereocenters. The maximum absolute atomic E-state index is 14.5. The van der Waals surface area contributed by atoms with E-state index < -0.39 is 0 Å². The number of nitrogens with zero attached hydrogens (tertiary/aromatic N) is 1. The van der Waals surface area contributed by atoms with Crippen LogP contribution in [0.3, 0.4) is 0 Å². The minimum absolute atomic E-state index is 0.168. The molecule has 1 aliphatic heterocycles. The average molecular weight is 414 g/mol. The third-order valence-electron chi connectivity index (χ3n) is 6.14. The van der Waals surface area contributed by atoms with Gasteiger partial charge in [0, 0.05) is 53.8 Å². The van der Waals surface area contributed by atoms with Crippen LogP contribution in [-0.4, -0.2) is 16.1 Å². The van der Waals surface area contributed by atoms with Crippen molar-refractivity contribution in [2.45, 2.75) is 37.3 Å². The minimum Gasteiger partial charge on any atom is -0.334 e. The lowest BCUT2D eigenvalue weighted by molar-refractivity contribution is 0.530. The van der Waals surface area contributed by atoms with E-state index in [9.17, 15) is 4.39 Å². The molecule has 1 saturated carbocycles. The topological polar surface area (TPSA) is 32.8 Å². The highest BCUT2D eigenvalue weighted by molar-refractivity contribution is 7.71. The highest BCUT2D eigenvalue weighted by Crippen LogP contribution is 2.66. The molecule has 5 rings (SSSR count). The fourth-order valence-electron chi connectivity index (χ4n) is 4.70. The SMILES string of the molecule is Fc1ccc(Cl)cc1[C@]12C[C@H]1c1c(CCNCc3ccccc3)[nH]c(=S)n1C2. The van der Waals surface area contributed by atoms with Crippen LogP contribution in [0.2, 0.25) is 5.02 Å². The van der Waals surface area contributed by atoms with Gasteiger partial charge in [0.1, 0.15) is 5.82 Å². The van der Waals surface area contributed by atoms with Crippen LogP contribution in [0.5, 0.6) is 0 Å². The Labute approximate surface area is 173 Å². The molecular weight excluding hydrogens is 393 g/mol. The van der Waals surface area contributed by atoms with Crippen molar-refractivity contribution in [3.05, 3.63) is 86.7 Å². The Morgan fingerprint density at radius 3 is 2.89 bits per heavy atom. The summed E-state index contributed by atoms with van der Waals surface area (Å²) in [6.07, 6.45) is 1.84. The first-order valence-corrected chi connectivity index (χ1v) is 10.4. The second-order valence-electron chi connectivity index (χ2n) is 7.83. The molecule has 1 aromatic heterocycles. The molecule has 2 aromatic carbocycles. The number of aromatic amines is 1. The minimum atomic E-state index is -0.181. The number of rotatable bonds is 6. The fraction of sp³-hybridized carbons (Fsp3) is 0.318. The van der Waals surface area contributed by atoms with Crippen LogP contribution in [0.25, 0.3) is 0 Å². The van der Waals surface area contributed by atoms with Crippen molar-refractivity contribution in [1.29, 1.82) is 0 Å². The molecule has 3 nitrogen and oxygen atoms in total. The molecular formula is C22H21ClFN3S. The van der Waals surface area contributed by atoms with Gasteiger partial charge in [0.2, 0.25) is 0 Å². The van der Waals surface area contributed by atoms with Crippen LogP contribution in [0.4, 0.5) is 4.39 Å². The zero-order valence-electron chi connectivity index (χ0n) is 15.3. The van der Waals surface area contributed by atoms with Crippen LogP contribution in [0.1, 0.15) is 34.9 Å². The monoisotopic (exact) mass is 413 g/mol. The van der Waals surface area contributed by atoms with Gasteiger partial charge < -0.3 is 14.9 Å². The summed E-state index contributed by atoms with van der Waals surface area (Å²) in [5, 5.41) is 4.08. The summed E-state index contributed by atoms with van der Waals surface area (Å²) in [6, 6.07) is 15.2. The number of nitrogens with one attached hydrogen (secondary N) is 2. The molecule has 144 valence electrons. The van der Waals surface area contributed by atoms with E-state index in [4.69, 9.17) is 23.8 Å². The Morgan fingerprint density at radius 2 is 2.07 bits per heavy atom. The average Bonchev–Trinajstić information content (AvgIpc) is 3.19. The van der Waals surface area contributed by atoms with Crippen molar-refractivity contribution < 1.29 is 4.39 Å². The largest absolute Gasteiger partial charge is 0.334 e. The van der Waals surface area contributed by atoms with E-state index in [1.54, 1.807) is 12.1 Å². The smallest absolute Gasteiger partial charge is 0.177 e. The number of aromatic nitrogens is 2. The van der Waals surface area contributed by atoms with Crippen molar-refractivity contribution >= 4 is 23.8 Å². The molecule has 2 N–H and O–H groups in total. The van der Waals surface area contributed by atoms with E-state index in [0.29, 0.717) is 10.9 Å². The lowest BCUT2D eigenvalue weighted by Crippen LogP contribution is -2.17. The molecule has 0 amide bonds. The second kappa shape index (κ2) is 6.83. The van der Waals surface area contributed by atoms with Crippen LogP contribution < -0.4 is 5.32 Å². The predicted molar refractivity (Wildman–Crippen MR) is 112 cm³/mol. The Morgan fingerprint density at radius 1 is 1.25 bits per heavy atom. The standard InChI is InChI=1S/C22H21ClFN3S/c23-15-6-7-18(24)16(10-15)22-11-17(22)20-19(26-21(28)27(20)13-22)8-9-25-12-14-4-2-1-3-5-14/h1-7,10,17,25H,8-9,11-13H2,(H,26,28)/t17-,22+/m0/s1. The van der Waals surface area contributed by atoms with Gasteiger partial charge in [-0.3, -0.25) is 0 Å². The van der Waals surface area contributed by atoms with Crippen molar-refractivity contribution in [2.75, 3.05) is 6.54 Å². The Kier molecular flexibility index (Phi) is 4.42. The molecule has 2 heterocycles. The maximum atomic E-state index is 14.5. The second-order valence-corrected chi connectivity index (χ2v) is 8.65. The summed E-state index contributed by atoms with van der Waals surface area (Å²) in [5.41, 5.74) is 4.26. The first-order chi connectivity index (χ1) is 13.6. The van der Waals surface area contributed by atoms with Gasteiger partial charge in [-0.15, -0.1) is 0 Å². The van der Waals surface area contributed by atoms with Gasteiger partial charge >= 0.3 is 0 Å². The lowest BCUT2D eigenvalue weighted by Gasteiger charge is -2.14. The van der Waals surface area contributed by atoms with Crippen molar-refractivity contribution in [1.82, 2.24) is 14.9 Å². The van der Waals surface area contributed by atoms with Gasteiger partial charge in [-0.25, -0.2) is 4.39 Å². The summed E-state index contributed by atoms with van der Waals surface area (Å²) in [4.78, 5) is 3.38. The first-order valence-electron chi connectivity index (χ1n) is 9.60. The van der Waals surface area contributed by atoms with Crippen LogP contribution in [0, 0.1) is 10.6 Å². The molecule has 28 heavy (non-hydrogen) atoms. The molecule has 0 bridgehead atoms. The molecule has 1 fully saturated rings. The molecule has 0 radical (unpaired) electrons. The van der Waals surface area contributed by atoms with E-state index in [1.807, 2.05) is 6.07 Å². The highest BCUT2D eigenvalue weighted by atomic mass is 35.5.